The third-order valence-electron chi connectivity index (χ3n) is 1.97. The second kappa shape index (κ2) is 5.34. The molecule has 1 fully saturated rings. The van der Waals surface area contributed by atoms with E-state index >= 15 is 0 Å². The number of halogens is 2. The van der Waals surface area contributed by atoms with Gasteiger partial charge in [-0.05, 0) is 0 Å². The highest BCUT2D eigenvalue weighted by Crippen LogP contribution is 2.09. The second-order valence-corrected chi connectivity index (χ2v) is 3.30. The molecule has 88 valence electrons. The van der Waals surface area contributed by atoms with Gasteiger partial charge in [-0.3, -0.25) is 4.79 Å². The minimum atomic E-state index is -3.28. The number of alkyl halides is 2. The Morgan fingerprint density at radius 1 is 1.67 bits per heavy atom. The van der Waals surface area contributed by atoms with E-state index in [-0.39, 0.29) is 0 Å². The van der Waals surface area contributed by atoms with Crippen molar-refractivity contribution in [3.63, 3.8) is 0 Å². The number of morpholine rings is 1. The van der Waals surface area contributed by atoms with Crippen LogP contribution in [0.4, 0.5) is 8.78 Å². The zero-order valence-corrected chi connectivity index (χ0v) is 8.13. The van der Waals surface area contributed by atoms with E-state index in [9.17, 15) is 13.6 Å². The zero-order chi connectivity index (χ0) is 11.3. The maximum absolute atomic E-state index is 12.6. The van der Waals surface area contributed by atoms with Crippen LogP contribution in [0.15, 0.2) is 0 Å². The van der Waals surface area contributed by atoms with Crippen LogP contribution < -0.4 is 10.6 Å². The standard InChI is InChI=1S/C8H14F2N2O3/c9-8(10,5-13)4-12-7(14)6-3-11-1-2-15-6/h6,11,13H,1-5H2,(H,12,14). The van der Waals surface area contributed by atoms with Crippen molar-refractivity contribution in [1.29, 1.82) is 0 Å². The molecule has 7 heteroatoms. The number of ether oxygens (including phenoxy) is 1. The first-order chi connectivity index (χ1) is 7.05. The van der Waals surface area contributed by atoms with Crippen LogP contribution in [-0.4, -0.2) is 55.9 Å². The summed E-state index contributed by atoms with van der Waals surface area (Å²) >= 11 is 0. The molecular weight excluding hydrogens is 210 g/mol. The molecule has 1 saturated heterocycles. The van der Waals surface area contributed by atoms with Crippen LogP contribution in [0.5, 0.6) is 0 Å². The van der Waals surface area contributed by atoms with Crippen LogP contribution in [0.3, 0.4) is 0 Å². The number of carbonyl (C=O) groups is 1. The van der Waals surface area contributed by atoms with Crippen LogP contribution in [0.25, 0.3) is 0 Å². The fourth-order valence-electron chi connectivity index (χ4n) is 1.12. The van der Waals surface area contributed by atoms with Gasteiger partial charge in [-0.15, -0.1) is 0 Å². The zero-order valence-electron chi connectivity index (χ0n) is 8.13. The Bertz CT molecular complexity index is 220. The lowest BCUT2D eigenvalue weighted by Crippen LogP contribution is -2.50. The molecule has 1 atom stereocenters. The van der Waals surface area contributed by atoms with Gasteiger partial charge in [0.25, 0.3) is 11.8 Å². The third-order valence-corrected chi connectivity index (χ3v) is 1.97. The van der Waals surface area contributed by atoms with E-state index in [1.54, 1.807) is 0 Å². The molecule has 1 heterocycles. The van der Waals surface area contributed by atoms with Gasteiger partial charge < -0.3 is 20.5 Å². The van der Waals surface area contributed by atoms with Crippen LogP contribution >= 0.6 is 0 Å². The topological polar surface area (TPSA) is 70.6 Å². The average molecular weight is 224 g/mol. The number of aliphatic hydroxyl groups is 1. The molecule has 1 aliphatic rings. The largest absolute Gasteiger partial charge is 0.390 e. The van der Waals surface area contributed by atoms with Crippen molar-refractivity contribution in [1.82, 2.24) is 10.6 Å². The molecule has 15 heavy (non-hydrogen) atoms. The molecule has 0 bridgehead atoms. The molecule has 1 rings (SSSR count). The summed E-state index contributed by atoms with van der Waals surface area (Å²) in [6.45, 7) is -0.805. The van der Waals surface area contributed by atoms with E-state index in [0.717, 1.165) is 0 Å². The molecule has 1 amide bonds. The molecule has 0 radical (unpaired) electrons. The molecule has 0 aromatic rings. The number of carbonyl (C=O) groups excluding carboxylic acids is 1. The smallest absolute Gasteiger partial charge is 0.287 e. The van der Waals surface area contributed by atoms with Crippen LogP contribution in [0, 0.1) is 0 Å². The molecule has 0 spiro atoms. The van der Waals surface area contributed by atoms with E-state index < -0.39 is 31.1 Å². The van der Waals surface area contributed by atoms with Gasteiger partial charge in [0.05, 0.1) is 13.2 Å². The number of hydrogen-bond donors (Lipinski definition) is 3. The minimum Gasteiger partial charge on any atom is -0.390 e. The quantitative estimate of drug-likeness (QED) is 0.556. The van der Waals surface area contributed by atoms with Gasteiger partial charge in [0.2, 0.25) is 0 Å². The predicted molar refractivity (Wildman–Crippen MR) is 47.7 cm³/mol. The molecule has 0 aromatic heterocycles. The van der Waals surface area contributed by atoms with Crippen molar-refractivity contribution < 1.29 is 23.4 Å². The molecule has 5 nitrogen and oxygen atoms in total. The van der Waals surface area contributed by atoms with E-state index in [1.807, 2.05) is 5.32 Å². The highest BCUT2D eigenvalue weighted by molar-refractivity contribution is 5.81. The fourth-order valence-corrected chi connectivity index (χ4v) is 1.12. The van der Waals surface area contributed by atoms with Crippen LogP contribution in [-0.2, 0) is 9.53 Å². The molecule has 1 unspecified atom stereocenters. The molecule has 1 aliphatic heterocycles. The van der Waals surface area contributed by atoms with Gasteiger partial charge in [0, 0.05) is 13.1 Å². The monoisotopic (exact) mass is 224 g/mol. The van der Waals surface area contributed by atoms with E-state index in [1.165, 1.54) is 0 Å². The van der Waals surface area contributed by atoms with E-state index in [4.69, 9.17) is 9.84 Å². The molecule has 3 N–H and O–H groups in total. The minimum absolute atomic E-state index is 0.316. The fraction of sp³-hybridized carbons (Fsp3) is 0.875. The van der Waals surface area contributed by atoms with Crippen molar-refractivity contribution in [2.75, 3.05) is 32.8 Å². The second-order valence-electron chi connectivity index (χ2n) is 3.30. The van der Waals surface area contributed by atoms with Gasteiger partial charge in [-0.2, -0.15) is 0 Å². The summed E-state index contributed by atoms with van der Waals surface area (Å²) < 4.78 is 30.2. The van der Waals surface area contributed by atoms with Crippen molar-refractivity contribution in [3.8, 4) is 0 Å². The highest BCUT2D eigenvalue weighted by Gasteiger charge is 2.30. The van der Waals surface area contributed by atoms with Crippen molar-refractivity contribution in [2.24, 2.45) is 0 Å². The first kappa shape index (κ1) is 12.3. The normalized spacial score (nSPS) is 22.5. The molecule has 0 aromatic carbocycles. The highest BCUT2D eigenvalue weighted by atomic mass is 19.3. The van der Waals surface area contributed by atoms with Crippen LogP contribution in [0.1, 0.15) is 0 Å². The SMILES string of the molecule is O=C(NCC(F)(F)CO)C1CNCCO1. The van der Waals surface area contributed by atoms with Crippen LogP contribution in [0.2, 0.25) is 0 Å². The van der Waals surface area contributed by atoms with Gasteiger partial charge >= 0.3 is 0 Å². The summed E-state index contributed by atoms with van der Waals surface area (Å²) in [5.74, 6) is -3.87. The maximum atomic E-state index is 12.6. The predicted octanol–water partition coefficient (Wildman–Crippen LogP) is -1.28. The van der Waals surface area contributed by atoms with E-state index in [0.29, 0.717) is 19.7 Å². The summed E-state index contributed by atoms with van der Waals surface area (Å²) in [4.78, 5) is 11.3. The molecule has 0 saturated carbocycles. The Morgan fingerprint density at radius 2 is 2.40 bits per heavy atom. The van der Waals surface area contributed by atoms with Crippen molar-refractivity contribution >= 4 is 5.91 Å². The number of rotatable bonds is 4. The average Bonchev–Trinajstić information content (AvgIpc) is 2.27. The van der Waals surface area contributed by atoms with Gasteiger partial charge in [0.1, 0.15) is 12.7 Å². The summed E-state index contributed by atoms with van der Waals surface area (Å²) in [6.07, 6.45) is -0.728. The number of hydrogen-bond acceptors (Lipinski definition) is 4. The Balaban J connectivity index is 2.28. The summed E-state index contributed by atoms with van der Waals surface area (Å²) in [5, 5.41) is 13.2. The Kier molecular flexibility index (Phi) is 4.37. The van der Waals surface area contributed by atoms with Gasteiger partial charge in [0.15, 0.2) is 0 Å². The summed E-state index contributed by atoms with van der Waals surface area (Å²) in [7, 11) is 0. The van der Waals surface area contributed by atoms with Gasteiger partial charge in [-0.1, -0.05) is 0 Å². The number of amides is 1. The van der Waals surface area contributed by atoms with E-state index in [2.05, 4.69) is 5.32 Å². The van der Waals surface area contributed by atoms with Crippen molar-refractivity contribution in [2.45, 2.75) is 12.0 Å². The first-order valence-corrected chi connectivity index (χ1v) is 4.64. The summed E-state index contributed by atoms with van der Waals surface area (Å²) in [6, 6.07) is 0. The third kappa shape index (κ3) is 4.06. The first-order valence-electron chi connectivity index (χ1n) is 4.64. The molecular formula is C8H14F2N2O3. The lowest BCUT2D eigenvalue weighted by molar-refractivity contribution is -0.136. The Hall–Kier alpha value is -0.790. The Labute approximate surface area is 85.8 Å². The number of nitrogens with one attached hydrogen (secondary N) is 2. The summed E-state index contributed by atoms with van der Waals surface area (Å²) in [5.41, 5.74) is 0. The van der Waals surface area contributed by atoms with Crippen molar-refractivity contribution in [3.05, 3.63) is 0 Å². The number of aliphatic hydroxyl groups excluding tert-OH is 1. The maximum Gasteiger partial charge on any atom is 0.287 e. The lowest BCUT2D eigenvalue weighted by Gasteiger charge is -2.23. The molecule has 0 aliphatic carbocycles. The van der Waals surface area contributed by atoms with Gasteiger partial charge in [-0.25, -0.2) is 8.78 Å². The lowest BCUT2D eigenvalue weighted by atomic mass is 10.2. The Morgan fingerprint density at radius 3 is 2.93 bits per heavy atom.